The highest BCUT2D eigenvalue weighted by Gasteiger charge is 2.18. The molecule has 0 aliphatic carbocycles. The number of nitrogens with zero attached hydrogens (tertiary/aromatic N) is 6. The molecule has 0 aliphatic heterocycles. The SMILES string of the molecule is CCN(CCC#N)C(=O)c1ccc(-c2nc(COc3cc(OC)cc4oc(-c5cn6nc(OC)sc6n5)cc34)cs2)cc1. The molecule has 218 valence electrons. The van der Waals surface area contributed by atoms with Crippen molar-refractivity contribution in [3.05, 3.63) is 65.3 Å². The van der Waals surface area contributed by atoms with Gasteiger partial charge >= 0.3 is 0 Å². The number of methoxy groups -OCH3 is 2. The Bertz CT molecular complexity index is 1920. The van der Waals surface area contributed by atoms with Crippen LogP contribution in [0.15, 0.2) is 58.5 Å². The molecule has 4 aromatic heterocycles. The maximum absolute atomic E-state index is 12.8. The normalized spacial score (nSPS) is 11.1. The van der Waals surface area contributed by atoms with Crippen molar-refractivity contribution in [1.29, 1.82) is 5.26 Å². The number of aromatic nitrogens is 4. The Hall–Kier alpha value is -4.93. The van der Waals surface area contributed by atoms with Crippen LogP contribution in [0.2, 0.25) is 0 Å². The highest BCUT2D eigenvalue weighted by atomic mass is 32.1. The number of thiazole rings is 1. The van der Waals surface area contributed by atoms with E-state index in [9.17, 15) is 4.79 Å². The van der Waals surface area contributed by atoms with Gasteiger partial charge in [0.15, 0.2) is 5.76 Å². The summed E-state index contributed by atoms with van der Waals surface area (Å²) < 4.78 is 24.7. The van der Waals surface area contributed by atoms with Gasteiger partial charge in [0, 0.05) is 41.7 Å². The third-order valence-corrected chi connectivity index (χ3v) is 8.55. The summed E-state index contributed by atoms with van der Waals surface area (Å²) in [5.41, 5.74) is 3.50. The number of carbonyl (C=O) groups excluding carboxylic acids is 1. The highest BCUT2D eigenvalue weighted by Crippen LogP contribution is 2.38. The Labute approximate surface area is 254 Å². The predicted molar refractivity (Wildman–Crippen MR) is 163 cm³/mol. The van der Waals surface area contributed by atoms with Gasteiger partial charge < -0.3 is 23.5 Å². The molecule has 4 heterocycles. The number of nitriles is 1. The third kappa shape index (κ3) is 5.75. The second-order valence-electron chi connectivity index (χ2n) is 9.38. The van der Waals surface area contributed by atoms with Crippen LogP contribution in [0.1, 0.15) is 29.4 Å². The van der Waals surface area contributed by atoms with Crippen LogP contribution in [0, 0.1) is 11.3 Å². The van der Waals surface area contributed by atoms with Crippen molar-refractivity contribution in [2.45, 2.75) is 20.0 Å². The first-order valence-corrected chi connectivity index (χ1v) is 15.0. The number of carbonyl (C=O) groups is 1. The molecule has 0 N–H and O–H groups in total. The highest BCUT2D eigenvalue weighted by molar-refractivity contribution is 7.18. The Kier molecular flexibility index (Phi) is 7.95. The Balaban J connectivity index is 1.18. The van der Waals surface area contributed by atoms with Gasteiger partial charge in [0.1, 0.15) is 34.4 Å². The van der Waals surface area contributed by atoms with Crippen molar-refractivity contribution < 1.29 is 23.4 Å². The van der Waals surface area contributed by atoms with Crippen molar-refractivity contribution in [2.75, 3.05) is 27.3 Å². The molecule has 0 aliphatic rings. The summed E-state index contributed by atoms with van der Waals surface area (Å²) in [6, 6.07) is 15.0. The predicted octanol–water partition coefficient (Wildman–Crippen LogP) is 6.30. The molecule has 0 radical (unpaired) electrons. The van der Waals surface area contributed by atoms with Gasteiger partial charge in [0.05, 0.1) is 44.0 Å². The molecule has 13 heteroatoms. The molecular weight excluding hydrogens is 589 g/mol. The zero-order valence-corrected chi connectivity index (χ0v) is 25.2. The van der Waals surface area contributed by atoms with Crippen LogP contribution in [-0.4, -0.2) is 57.7 Å². The number of hydrogen-bond donors (Lipinski definition) is 0. The van der Waals surface area contributed by atoms with E-state index in [1.165, 1.54) is 22.7 Å². The Morgan fingerprint density at radius 2 is 1.98 bits per heavy atom. The summed E-state index contributed by atoms with van der Waals surface area (Å²) in [4.78, 5) is 24.5. The van der Waals surface area contributed by atoms with Crippen LogP contribution in [0.3, 0.4) is 0 Å². The molecule has 0 saturated heterocycles. The van der Waals surface area contributed by atoms with Crippen molar-refractivity contribution in [2.24, 2.45) is 0 Å². The average Bonchev–Trinajstić information content (AvgIpc) is 3.83. The van der Waals surface area contributed by atoms with E-state index >= 15 is 0 Å². The van der Waals surface area contributed by atoms with E-state index in [-0.39, 0.29) is 12.5 Å². The summed E-state index contributed by atoms with van der Waals surface area (Å²) in [6.45, 7) is 3.11. The van der Waals surface area contributed by atoms with Gasteiger partial charge in [-0.3, -0.25) is 4.79 Å². The molecular formula is C30H26N6O5S2. The molecule has 0 atom stereocenters. The molecule has 6 rings (SSSR count). The van der Waals surface area contributed by atoms with Crippen LogP contribution < -0.4 is 14.2 Å². The summed E-state index contributed by atoms with van der Waals surface area (Å²) in [5, 5.41) is 17.3. The maximum Gasteiger partial charge on any atom is 0.294 e. The molecule has 2 aromatic carbocycles. The molecule has 11 nitrogen and oxygen atoms in total. The monoisotopic (exact) mass is 614 g/mol. The topological polar surface area (TPSA) is 128 Å². The van der Waals surface area contributed by atoms with E-state index in [0.717, 1.165) is 21.7 Å². The molecule has 1 amide bonds. The van der Waals surface area contributed by atoms with E-state index in [4.69, 9.17) is 28.9 Å². The average molecular weight is 615 g/mol. The lowest BCUT2D eigenvalue weighted by Gasteiger charge is -2.19. The number of ether oxygens (including phenoxy) is 3. The van der Waals surface area contributed by atoms with Gasteiger partial charge in [-0.1, -0.05) is 12.1 Å². The molecule has 0 unspecified atom stereocenters. The van der Waals surface area contributed by atoms with Gasteiger partial charge in [-0.05, 0) is 36.5 Å². The summed E-state index contributed by atoms with van der Waals surface area (Å²) in [6.07, 6.45) is 2.10. The van der Waals surface area contributed by atoms with Gasteiger partial charge in [0.25, 0.3) is 11.1 Å². The van der Waals surface area contributed by atoms with Crippen molar-refractivity contribution >= 4 is 44.5 Å². The first-order chi connectivity index (χ1) is 21.0. The summed E-state index contributed by atoms with van der Waals surface area (Å²) >= 11 is 2.84. The fourth-order valence-corrected chi connectivity index (χ4v) is 6.02. The van der Waals surface area contributed by atoms with Crippen molar-refractivity contribution in [1.82, 2.24) is 24.5 Å². The van der Waals surface area contributed by atoms with Crippen LogP contribution in [0.4, 0.5) is 0 Å². The standard InChI is InChI=1S/C30H26N6O5S2/c1-4-35(11-5-10-31)28(37)19-8-6-18(7-9-19)27-32-20(17-42-27)16-40-24-12-21(38-2)13-25-22(24)14-26(41-25)23-15-36-29(33-23)43-30(34-36)39-3/h6-9,12-15,17H,4-5,11,16H2,1-3H3. The first-order valence-electron chi connectivity index (χ1n) is 13.4. The Morgan fingerprint density at radius 1 is 1.14 bits per heavy atom. The van der Waals surface area contributed by atoms with Crippen LogP contribution in [-0.2, 0) is 6.61 Å². The molecule has 6 aromatic rings. The lowest BCUT2D eigenvalue weighted by atomic mass is 10.1. The third-order valence-electron chi connectivity index (χ3n) is 6.73. The maximum atomic E-state index is 12.8. The number of rotatable bonds is 11. The van der Waals surface area contributed by atoms with Crippen LogP contribution in [0.5, 0.6) is 16.7 Å². The number of imidazole rings is 1. The van der Waals surface area contributed by atoms with Gasteiger partial charge in [-0.2, -0.15) is 5.26 Å². The van der Waals surface area contributed by atoms with Gasteiger partial charge in [-0.25, -0.2) is 14.5 Å². The van der Waals surface area contributed by atoms with E-state index in [1.807, 2.05) is 42.6 Å². The van der Waals surface area contributed by atoms with Crippen LogP contribution >= 0.6 is 22.7 Å². The van der Waals surface area contributed by atoms with Crippen molar-refractivity contribution in [3.8, 4) is 44.8 Å². The van der Waals surface area contributed by atoms with Crippen molar-refractivity contribution in [3.63, 3.8) is 0 Å². The lowest BCUT2D eigenvalue weighted by molar-refractivity contribution is 0.0768. The minimum absolute atomic E-state index is 0.0887. The molecule has 0 spiro atoms. The number of amides is 1. The quantitative estimate of drug-likeness (QED) is 0.165. The van der Waals surface area contributed by atoms with Gasteiger partial charge in [-0.15, -0.1) is 16.4 Å². The lowest BCUT2D eigenvalue weighted by Crippen LogP contribution is -2.31. The molecule has 0 fully saturated rings. The molecule has 43 heavy (non-hydrogen) atoms. The molecule has 0 saturated carbocycles. The summed E-state index contributed by atoms with van der Waals surface area (Å²) in [7, 11) is 3.16. The molecule has 0 bridgehead atoms. The Morgan fingerprint density at radius 3 is 2.70 bits per heavy atom. The first kappa shape index (κ1) is 28.2. The number of benzene rings is 2. The second kappa shape index (κ2) is 12.1. The fourth-order valence-electron chi connectivity index (χ4n) is 4.51. The van der Waals surface area contributed by atoms with E-state index in [2.05, 4.69) is 16.2 Å². The minimum Gasteiger partial charge on any atom is -0.496 e. The summed E-state index contributed by atoms with van der Waals surface area (Å²) in [5.74, 6) is 1.69. The van der Waals surface area contributed by atoms with Crippen LogP contribution in [0.25, 0.3) is 38.0 Å². The minimum atomic E-state index is -0.0887. The number of furan rings is 1. The van der Waals surface area contributed by atoms with E-state index in [0.29, 0.717) is 63.8 Å². The zero-order valence-electron chi connectivity index (χ0n) is 23.6. The smallest absolute Gasteiger partial charge is 0.294 e. The van der Waals surface area contributed by atoms with E-state index < -0.39 is 0 Å². The number of hydrogen-bond acceptors (Lipinski definition) is 11. The zero-order chi connectivity index (χ0) is 29.9. The largest absolute Gasteiger partial charge is 0.496 e. The second-order valence-corrected chi connectivity index (χ2v) is 11.2. The van der Waals surface area contributed by atoms with Gasteiger partial charge in [0.2, 0.25) is 4.96 Å². The number of fused-ring (bicyclic) bond motifs is 2. The fraction of sp³-hybridized carbons (Fsp3) is 0.233. The van der Waals surface area contributed by atoms with E-state index in [1.54, 1.807) is 42.0 Å².